The van der Waals surface area contributed by atoms with Crippen molar-refractivity contribution in [2.75, 3.05) is 6.54 Å². The van der Waals surface area contributed by atoms with Crippen molar-refractivity contribution in [1.29, 1.82) is 0 Å². The number of aromatic amines is 1. The Morgan fingerprint density at radius 3 is 2.81 bits per heavy atom. The van der Waals surface area contributed by atoms with E-state index in [0.29, 0.717) is 17.9 Å². The van der Waals surface area contributed by atoms with Gasteiger partial charge >= 0.3 is 0 Å². The van der Waals surface area contributed by atoms with Crippen LogP contribution in [0.4, 0.5) is 0 Å². The summed E-state index contributed by atoms with van der Waals surface area (Å²) < 4.78 is 0. The van der Waals surface area contributed by atoms with Gasteiger partial charge in [-0.1, -0.05) is 0 Å². The lowest BCUT2D eigenvalue weighted by Crippen LogP contribution is -2.51. The van der Waals surface area contributed by atoms with Crippen LogP contribution in [0.25, 0.3) is 0 Å². The van der Waals surface area contributed by atoms with Gasteiger partial charge in [-0.2, -0.15) is 0 Å². The molecular formula is C16H23N3O2. The van der Waals surface area contributed by atoms with E-state index >= 15 is 0 Å². The Hall–Kier alpha value is -1.78. The van der Waals surface area contributed by atoms with Gasteiger partial charge in [-0.05, 0) is 45.1 Å². The van der Waals surface area contributed by atoms with Crippen LogP contribution in [-0.4, -0.2) is 39.8 Å². The summed E-state index contributed by atoms with van der Waals surface area (Å²) in [6.45, 7) is 2.87. The van der Waals surface area contributed by atoms with E-state index in [2.05, 4.69) is 22.1 Å². The van der Waals surface area contributed by atoms with E-state index in [1.165, 1.54) is 0 Å². The molecule has 2 fully saturated rings. The van der Waals surface area contributed by atoms with Gasteiger partial charge in [0, 0.05) is 36.9 Å². The molecule has 2 amide bonds. The summed E-state index contributed by atoms with van der Waals surface area (Å²) in [6.07, 6.45) is 9.07. The lowest BCUT2D eigenvalue weighted by Gasteiger charge is -2.43. The Morgan fingerprint density at radius 2 is 2.19 bits per heavy atom. The number of aromatic nitrogens is 1. The van der Waals surface area contributed by atoms with Gasteiger partial charge < -0.3 is 15.2 Å². The summed E-state index contributed by atoms with van der Waals surface area (Å²) in [5.74, 6) is 0.291. The molecule has 1 saturated heterocycles. The van der Waals surface area contributed by atoms with E-state index in [-0.39, 0.29) is 17.5 Å². The van der Waals surface area contributed by atoms with Crippen molar-refractivity contribution in [3.8, 4) is 0 Å². The van der Waals surface area contributed by atoms with Gasteiger partial charge in [0.15, 0.2) is 0 Å². The minimum Gasteiger partial charge on any atom is -0.367 e. The molecule has 2 N–H and O–H groups in total. The van der Waals surface area contributed by atoms with Crippen molar-refractivity contribution < 1.29 is 9.59 Å². The monoisotopic (exact) mass is 289 g/mol. The molecule has 5 nitrogen and oxygen atoms in total. The summed E-state index contributed by atoms with van der Waals surface area (Å²) in [5, 5.41) is 3.11. The number of likely N-dealkylation sites (tertiary alicyclic amines) is 1. The molecule has 2 heterocycles. The number of carbonyl (C=O) groups excluding carboxylic acids is 2. The molecule has 2 aliphatic rings. The zero-order chi connectivity index (χ0) is 14.9. The highest BCUT2D eigenvalue weighted by atomic mass is 16.2. The average Bonchev–Trinajstić information content (AvgIpc) is 3.11. The lowest BCUT2D eigenvalue weighted by atomic mass is 9.77. The van der Waals surface area contributed by atoms with Crippen molar-refractivity contribution in [2.24, 2.45) is 0 Å². The summed E-state index contributed by atoms with van der Waals surface area (Å²) in [4.78, 5) is 29.0. The van der Waals surface area contributed by atoms with Crippen LogP contribution in [-0.2, 0) is 4.79 Å². The Kier molecular flexibility index (Phi) is 3.74. The molecule has 114 valence electrons. The smallest absolute Gasteiger partial charge is 0.253 e. The van der Waals surface area contributed by atoms with E-state index < -0.39 is 0 Å². The predicted molar refractivity (Wildman–Crippen MR) is 79.9 cm³/mol. The maximum atomic E-state index is 12.1. The second-order valence-corrected chi connectivity index (χ2v) is 6.21. The fourth-order valence-electron chi connectivity index (χ4n) is 3.94. The first-order valence-electron chi connectivity index (χ1n) is 7.89. The Bertz CT molecular complexity index is 516. The molecule has 0 bridgehead atoms. The van der Waals surface area contributed by atoms with E-state index in [1.807, 2.05) is 0 Å². The number of carbonyl (C=O) groups is 2. The fourth-order valence-corrected chi connectivity index (χ4v) is 3.94. The van der Waals surface area contributed by atoms with Gasteiger partial charge in [-0.15, -0.1) is 0 Å². The third kappa shape index (κ3) is 2.57. The standard InChI is InChI=1S/C16H23N3O2/c1-2-19-14(20)5-9-16(19)7-3-13(4-8-16)18-15(21)12-6-10-17-11-12/h6,10-11,13,17H,2-5,7-9H2,1H3,(H,18,21). The maximum Gasteiger partial charge on any atom is 0.253 e. The number of nitrogens with zero attached hydrogens (tertiary/aromatic N) is 1. The van der Waals surface area contributed by atoms with Gasteiger partial charge in [0.25, 0.3) is 5.91 Å². The molecule has 3 rings (SSSR count). The summed E-state index contributed by atoms with van der Waals surface area (Å²) in [6, 6.07) is 2.01. The number of nitrogens with one attached hydrogen (secondary N) is 2. The van der Waals surface area contributed by atoms with Crippen LogP contribution in [0.15, 0.2) is 18.5 Å². The second-order valence-electron chi connectivity index (χ2n) is 6.21. The molecule has 1 aromatic rings. The average molecular weight is 289 g/mol. The molecule has 1 aromatic heterocycles. The molecule has 0 radical (unpaired) electrons. The first-order valence-corrected chi connectivity index (χ1v) is 7.89. The molecule has 21 heavy (non-hydrogen) atoms. The highest BCUT2D eigenvalue weighted by Gasteiger charge is 2.46. The van der Waals surface area contributed by atoms with Gasteiger partial charge in [0.2, 0.25) is 5.91 Å². The summed E-state index contributed by atoms with van der Waals surface area (Å²) in [5.41, 5.74) is 0.753. The molecule has 1 aliphatic heterocycles. The zero-order valence-electron chi connectivity index (χ0n) is 12.5. The van der Waals surface area contributed by atoms with Gasteiger partial charge in [0.05, 0.1) is 5.56 Å². The maximum absolute atomic E-state index is 12.1. The number of hydrogen-bond donors (Lipinski definition) is 2. The van der Waals surface area contributed by atoms with Crippen molar-refractivity contribution >= 4 is 11.8 Å². The van der Waals surface area contributed by atoms with Crippen LogP contribution in [0.1, 0.15) is 55.8 Å². The van der Waals surface area contributed by atoms with E-state index in [4.69, 9.17) is 0 Å². The Morgan fingerprint density at radius 1 is 1.43 bits per heavy atom. The zero-order valence-corrected chi connectivity index (χ0v) is 12.5. The normalized spacial score (nSPS) is 29.1. The molecule has 0 atom stereocenters. The van der Waals surface area contributed by atoms with Gasteiger partial charge in [0.1, 0.15) is 0 Å². The molecular weight excluding hydrogens is 266 g/mol. The fraction of sp³-hybridized carbons (Fsp3) is 0.625. The Balaban J connectivity index is 1.58. The molecule has 1 aliphatic carbocycles. The molecule has 1 saturated carbocycles. The highest BCUT2D eigenvalue weighted by molar-refractivity contribution is 5.94. The second kappa shape index (κ2) is 5.54. The largest absolute Gasteiger partial charge is 0.367 e. The minimum atomic E-state index is -0.00736. The molecule has 1 spiro atoms. The predicted octanol–water partition coefficient (Wildman–Crippen LogP) is 2.07. The number of hydrogen-bond acceptors (Lipinski definition) is 2. The van der Waals surface area contributed by atoms with Crippen LogP contribution in [0, 0.1) is 0 Å². The third-order valence-corrected chi connectivity index (χ3v) is 5.11. The summed E-state index contributed by atoms with van der Waals surface area (Å²) >= 11 is 0. The molecule has 5 heteroatoms. The topological polar surface area (TPSA) is 65.2 Å². The van der Waals surface area contributed by atoms with Crippen LogP contribution in [0.5, 0.6) is 0 Å². The van der Waals surface area contributed by atoms with Gasteiger partial charge in [-0.25, -0.2) is 0 Å². The molecule has 0 unspecified atom stereocenters. The van der Waals surface area contributed by atoms with E-state index in [9.17, 15) is 9.59 Å². The van der Waals surface area contributed by atoms with Crippen LogP contribution >= 0.6 is 0 Å². The molecule has 0 aromatic carbocycles. The third-order valence-electron chi connectivity index (χ3n) is 5.11. The quantitative estimate of drug-likeness (QED) is 0.894. The lowest BCUT2D eigenvalue weighted by molar-refractivity contribution is -0.131. The minimum absolute atomic E-state index is 0.00736. The van der Waals surface area contributed by atoms with Crippen molar-refractivity contribution in [3.63, 3.8) is 0 Å². The van der Waals surface area contributed by atoms with Crippen LogP contribution in [0.2, 0.25) is 0 Å². The van der Waals surface area contributed by atoms with Crippen molar-refractivity contribution in [3.05, 3.63) is 24.0 Å². The van der Waals surface area contributed by atoms with Crippen molar-refractivity contribution in [2.45, 2.75) is 57.0 Å². The summed E-state index contributed by atoms with van der Waals surface area (Å²) in [7, 11) is 0. The first kappa shape index (κ1) is 14.2. The number of rotatable bonds is 3. The number of amides is 2. The number of H-pyrrole nitrogens is 1. The van der Waals surface area contributed by atoms with Gasteiger partial charge in [-0.3, -0.25) is 9.59 Å². The van der Waals surface area contributed by atoms with Crippen LogP contribution in [0.3, 0.4) is 0 Å². The highest BCUT2D eigenvalue weighted by Crippen LogP contribution is 2.42. The van der Waals surface area contributed by atoms with E-state index in [0.717, 1.165) is 38.6 Å². The van der Waals surface area contributed by atoms with Crippen molar-refractivity contribution in [1.82, 2.24) is 15.2 Å². The van der Waals surface area contributed by atoms with Crippen LogP contribution < -0.4 is 5.32 Å². The SMILES string of the molecule is CCN1C(=O)CCC12CCC(NC(=O)c1cc[nH]c1)CC2. The Labute approximate surface area is 125 Å². The van der Waals surface area contributed by atoms with E-state index in [1.54, 1.807) is 18.5 Å². The first-order chi connectivity index (χ1) is 10.1.